The van der Waals surface area contributed by atoms with Crippen LogP contribution in [0.25, 0.3) is 0 Å². The predicted molar refractivity (Wildman–Crippen MR) is 120 cm³/mol. The lowest BCUT2D eigenvalue weighted by Crippen LogP contribution is -2.51. The van der Waals surface area contributed by atoms with Crippen LogP contribution in [0.4, 0.5) is 0 Å². The van der Waals surface area contributed by atoms with Crippen LogP contribution in [0.15, 0.2) is 0 Å². The molecule has 0 unspecified atom stereocenters. The summed E-state index contributed by atoms with van der Waals surface area (Å²) in [7, 11) is 0. The second kappa shape index (κ2) is 16.9. The Hall–Kier alpha value is 0.190. The molecule has 0 aliphatic carbocycles. The van der Waals surface area contributed by atoms with Gasteiger partial charge in [0.15, 0.2) is 0 Å². The van der Waals surface area contributed by atoms with Crippen LogP contribution in [0.1, 0.15) is 104 Å². The first kappa shape index (κ1) is 26.2. The van der Waals surface area contributed by atoms with Crippen molar-refractivity contribution in [2.45, 2.75) is 127 Å². The molecule has 1 rings (SSSR count). The number of ether oxygens (including phenoxy) is 1. The van der Waals surface area contributed by atoms with Crippen molar-refractivity contribution >= 4 is 11.8 Å². The molecule has 1 saturated heterocycles. The Morgan fingerprint density at radius 2 is 1.18 bits per heavy atom. The molecule has 0 saturated carbocycles. The van der Waals surface area contributed by atoms with Crippen LogP contribution in [-0.4, -0.2) is 51.4 Å². The molecular formula is C23H46O4S. The van der Waals surface area contributed by atoms with E-state index in [1.807, 2.05) is 0 Å². The quantitative estimate of drug-likeness (QED) is 0.281. The molecule has 0 aromatic heterocycles. The lowest BCUT2D eigenvalue weighted by molar-refractivity contribution is -0.161. The molecule has 0 spiro atoms. The molecule has 4 atom stereocenters. The molecule has 168 valence electrons. The largest absolute Gasteiger partial charge is 0.388 e. The lowest BCUT2D eigenvalue weighted by Gasteiger charge is -2.34. The number of hydrogen-bond acceptors (Lipinski definition) is 5. The third-order valence-electron chi connectivity index (χ3n) is 5.66. The highest BCUT2D eigenvalue weighted by Gasteiger charge is 2.37. The van der Waals surface area contributed by atoms with Gasteiger partial charge in [0.25, 0.3) is 0 Å². The zero-order valence-electron chi connectivity index (χ0n) is 18.4. The normalized spacial score (nSPS) is 25.5. The molecule has 0 aromatic carbocycles. The predicted octanol–water partition coefficient (Wildman–Crippen LogP) is 5.28. The summed E-state index contributed by atoms with van der Waals surface area (Å²) in [5.74, 6) is 1.79. The Morgan fingerprint density at radius 1 is 0.714 bits per heavy atom. The van der Waals surface area contributed by atoms with Gasteiger partial charge in [-0.05, 0) is 18.1 Å². The molecule has 0 bridgehead atoms. The summed E-state index contributed by atoms with van der Waals surface area (Å²) < 4.78 is 5.40. The Morgan fingerprint density at radius 3 is 1.68 bits per heavy atom. The van der Waals surface area contributed by atoms with Crippen LogP contribution >= 0.6 is 11.8 Å². The maximum atomic E-state index is 9.89. The Kier molecular flexibility index (Phi) is 15.9. The summed E-state index contributed by atoms with van der Waals surface area (Å²) in [5.41, 5.74) is -0.409. The molecule has 1 aliphatic heterocycles. The highest BCUT2D eigenvalue weighted by atomic mass is 32.2. The van der Waals surface area contributed by atoms with Crippen molar-refractivity contribution in [1.82, 2.24) is 0 Å². The van der Waals surface area contributed by atoms with Gasteiger partial charge in [0, 0.05) is 0 Å². The fourth-order valence-corrected chi connectivity index (χ4v) is 4.86. The van der Waals surface area contributed by atoms with Gasteiger partial charge in [0.2, 0.25) is 0 Å². The second-order valence-corrected chi connectivity index (χ2v) is 10.1. The average Bonchev–Trinajstić information content (AvgIpc) is 2.67. The SMILES string of the molecule is CC(C)CCCCCCCCCCCCCCCS[C@@H]1OC[C@@H](O)[C@H](O)[C@H]1O. The third-order valence-corrected chi connectivity index (χ3v) is 6.93. The minimum absolute atomic E-state index is 0.105. The minimum Gasteiger partial charge on any atom is -0.388 e. The summed E-state index contributed by atoms with van der Waals surface area (Å²) in [5, 5.41) is 29.0. The van der Waals surface area contributed by atoms with Crippen LogP contribution < -0.4 is 0 Å². The molecule has 0 amide bonds. The van der Waals surface area contributed by atoms with Crippen LogP contribution in [0.5, 0.6) is 0 Å². The maximum Gasteiger partial charge on any atom is 0.131 e. The van der Waals surface area contributed by atoms with Crippen molar-refractivity contribution < 1.29 is 20.1 Å². The first-order valence-electron chi connectivity index (χ1n) is 11.8. The average molecular weight is 419 g/mol. The molecule has 5 heteroatoms. The van der Waals surface area contributed by atoms with Gasteiger partial charge in [0.05, 0.1) is 6.61 Å². The Labute approximate surface area is 177 Å². The van der Waals surface area contributed by atoms with Gasteiger partial charge >= 0.3 is 0 Å². The summed E-state index contributed by atoms with van der Waals surface area (Å²) in [6, 6.07) is 0. The van der Waals surface area contributed by atoms with Gasteiger partial charge in [-0.3, -0.25) is 0 Å². The lowest BCUT2D eigenvalue weighted by atomic mass is 10.0. The van der Waals surface area contributed by atoms with Crippen molar-refractivity contribution in [3.8, 4) is 0 Å². The summed E-state index contributed by atoms with van der Waals surface area (Å²) in [6.07, 6.45) is 15.9. The van der Waals surface area contributed by atoms with Crippen molar-refractivity contribution in [1.29, 1.82) is 0 Å². The molecular weight excluding hydrogens is 372 g/mol. The van der Waals surface area contributed by atoms with E-state index in [1.165, 1.54) is 83.5 Å². The van der Waals surface area contributed by atoms with E-state index >= 15 is 0 Å². The molecule has 1 heterocycles. The smallest absolute Gasteiger partial charge is 0.131 e. The topological polar surface area (TPSA) is 69.9 Å². The highest BCUT2D eigenvalue weighted by Crippen LogP contribution is 2.26. The number of thioether (sulfide) groups is 1. The molecule has 1 fully saturated rings. The first-order chi connectivity index (χ1) is 13.5. The van der Waals surface area contributed by atoms with Gasteiger partial charge in [0.1, 0.15) is 23.7 Å². The van der Waals surface area contributed by atoms with Gasteiger partial charge in [-0.15, -0.1) is 11.8 Å². The second-order valence-electron chi connectivity index (χ2n) is 8.90. The van der Waals surface area contributed by atoms with E-state index in [4.69, 9.17) is 4.74 Å². The third kappa shape index (κ3) is 12.7. The van der Waals surface area contributed by atoms with E-state index in [-0.39, 0.29) is 6.61 Å². The number of rotatable bonds is 17. The van der Waals surface area contributed by atoms with E-state index in [0.717, 1.165) is 18.1 Å². The molecule has 1 aliphatic rings. The summed E-state index contributed by atoms with van der Waals surface area (Å²) >= 11 is 1.55. The Balaban J connectivity index is 1.78. The number of aliphatic hydroxyl groups excluding tert-OH is 3. The molecule has 4 nitrogen and oxygen atoms in total. The molecule has 0 aromatic rings. The molecule has 28 heavy (non-hydrogen) atoms. The van der Waals surface area contributed by atoms with Crippen molar-refractivity contribution in [2.75, 3.05) is 12.4 Å². The maximum absolute atomic E-state index is 9.89. The van der Waals surface area contributed by atoms with E-state index in [2.05, 4.69) is 13.8 Å². The van der Waals surface area contributed by atoms with Crippen molar-refractivity contribution in [2.24, 2.45) is 5.92 Å². The van der Waals surface area contributed by atoms with Gasteiger partial charge in [-0.1, -0.05) is 97.3 Å². The van der Waals surface area contributed by atoms with Crippen LogP contribution in [0, 0.1) is 5.92 Å². The Bertz CT molecular complexity index is 353. The van der Waals surface area contributed by atoms with Gasteiger partial charge in [-0.2, -0.15) is 0 Å². The van der Waals surface area contributed by atoms with Crippen molar-refractivity contribution in [3.05, 3.63) is 0 Å². The first-order valence-corrected chi connectivity index (χ1v) is 12.8. The number of aliphatic hydroxyl groups is 3. The minimum atomic E-state index is -1.09. The monoisotopic (exact) mass is 418 g/mol. The van der Waals surface area contributed by atoms with Crippen LogP contribution in [-0.2, 0) is 4.74 Å². The summed E-state index contributed by atoms with van der Waals surface area (Å²) in [4.78, 5) is 0. The van der Waals surface area contributed by atoms with Gasteiger partial charge < -0.3 is 20.1 Å². The van der Waals surface area contributed by atoms with Crippen molar-refractivity contribution in [3.63, 3.8) is 0 Å². The highest BCUT2D eigenvalue weighted by molar-refractivity contribution is 7.99. The fraction of sp³-hybridized carbons (Fsp3) is 1.00. The van der Waals surface area contributed by atoms with E-state index < -0.39 is 23.7 Å². The van der Waals surface area contributed by atoms with Gasteiger partial charge in [-0.25, -0.2) is 0 Å². The standard InChI is InChI=1S/C23H46O4S/c1-19(2)16-14-12-10-8-6-4-3-5-7-9-11-13-15-17-28-23-22(26)21(25)20(24)18-27-23/h19-26H,3-18H2,1-2H3/t20-,21+,22-,23+/m1/s1. The molecule has 3 N–H and O–H groups in total. The number of hydrogen-bond donors (Lipinski definition) is 3. The summed E-state index contributed by atoms with van der Waals surface area (Å²) in [6.45, 7) is 4.74. The van der Waals surface area contributed by atoms with E-state index in [9.17, 15) is 15.3 Å². The van der Waals surface area contributed by atoms with E-state index in [0.29, 0.717) is 0 Å². The van der Waals surface area contributed by atoms with Crippen LogP contribution in [0.2, 0.25) is 0 Å². The van der Waals surface area contributed by atoms with Crippen LogP contribution in [0.3, 0.4) is 0 Å². The number of unbranched alkanes of at least 4 members (excludes halogenated alkanes) is 12. The fourth-order valence-electron chi connectivity index (χ4n) is 3.72. The van der Waals surface area contributed by atoms with E-state index in [1.54, 1.807) is 11.8 Å². The zero-order valence-corrected chi connectivity index (χ0v) is 19.2. The zero-order chi connectivity index (χ0) is 20.6. The molecule has 0 radical (unpaired) electrons.